The topological polar surface area (TPSA) is 20.3 Å². The molecule has 0 spiro atoms. The van der Waals surface area contributed by atoms with Crippen molar-refractivity contribution >= 4 is 17.5 Å². The van der Waals surface area contributed by atoms with Gasteiger partial charge in [0.25, 0.3) is 0 Å². The van der Waals surface area contributed by atoms with Crippen LogP contribution in [0.3, 0.4) is 0 Å². The highest BCUT2D eigenvalue weighted by atomic mass is 35.5. The molecule has 0 aromatic rings. The van der Waals surface area contributed by atoms with E-state index in [-0.39, 0.29) is 17.3 Å². The molecule has 1 rings (SSSR count). The highest BCUT2D eigenvalue weighted by Gasteiger charge is 2.25. The van der Waals surface area contributed by atoms with E-state index in [1.807, 2.05) is 19.9 Å². The van der Waals surface area contributed by atoms with Crippen molar-refractivity contribution in [1.82, 2.24) is 4.90 Å². The molecule has 1 amide bonds. The number of allylic oxidation sites excluding steroid dienone is 1. The Balaban J connectivity index is 2.88. The molecule has 0 bridgehead atoms. The van der Waals surface area contributed by atoms with E-state index in [0.29, 0.717) is 0 Å². The van der Waals surface area contributed by atoms with Crippen LogP contribution in [0, 0.1) is 0 Å². The van der Waals surface area contributed by atoms with Gasteiger partial charge in [0.1, 0.15) is 0 Å². The Morgan fingerprint density at radius 2 is 2.25 bits per heavy atom. The molecule has 1 aliphatic heterocycles. The number of halogens is 1. The number of rotatable bonds is 0. The number of alkyl halides is 1. The molecule has 0 radical (unpaired) electrons. The maximum atomic E-state index is 11.5. The number of amides is 1. The van der Waals surface area contributed by atoms with Crippen molar-refractivity contribution in [2.75, 3.05) is 7.05 Å². The Morgan fingerprint density at radius 3 is 2.83 bits per heavy atom. The van der Waals surface area contributed by atoms with Gasteiger partial charge in [0.05, 0.1) is 5.38 Å². The van der Waals surface area contributed by atoms with Crippen LogP contribution in [0.15, 0.2) is 11.6 Å². The minimum absolute atomic E-state index is 0.0383. The fourth-order valence-corrected chi connectivity index (χ4v) is 1.54. The summed E-state index contributed by atoms with van der Waals surface area (Å²) in [5.41, 5.74) is 0.799. The molecule has 0 aromatic carbocycles. The summed E-state index contributed by atoms with van der Waals surface area (Å²) in [5, 5.41) is 0.0383. The van der Waals surface area contributed by atoms with Gasteiger partial charge in [-0.1, -0.05) is 6.08 Å². The first-order valence-corrected chi connectivity index (χ1v) is 4.55. The van der Waals surface area contributed by atoms with E-state index in [2.05, 4.69) is 0 Å². The summed E-state index contributed by atoms with van der Waals surface area (Å²) in [5.74, 6) is 0.0886. The Morgan fingerprint density at radius 1 is 1.67 bits per heavy atom. The highest BCUT2D eigenvalue weighted by Crippen LogP contribution is 2.20. The van der Waals surface area contributed by atoms with Gasteiger partial charge in [-0.3, -0.25) is 4.79 Å². The fourth-order valence-electron chi connectivity index (χ4n) is 1.28. The maximum Gasteiger partial charge on any atom is 0.249 e. The van der Waals surface area contributed by atoms with E-state index in [4.69, 9.17) is 11.6 Å². The molecular weight excluding hydrogens is 174 g/mol. The van der Waals surface area contributed by atoms with Gasteiger partial charge < -0.3 is 4.90 Å². The van der Waals surface area contributed by atoms with Crippen LogP contribution in [0.1, 0.15) is 20.3 Å². The third kappa shape index (κ3) is 1.63. The zero-order valence-electron chi connectivity index (χ0n) is 7.67. The largest absolute Gasteiger partial charge is 0.338 e. The molecule has 68 valence electrons. The zero-order valence-corrected chi connectivity index (χ0v) is 8.43. The molecule has 0 fully saturated rings. The van der Waals surface area contributed by atoms with Crippen LogP contribution in [0.5, 0.6) is 0 Å². The van der Waals surface area contributed by atoms with Crippen molar-refractivity contribution < 1.29 is 4.79 Å². The maximum absolute atomic E-state index is 11.5. The molecule has 2 atom stereocenters. The van der Waals surface area contributed by atoms with Gasteiger partial charge in [0, 0.05) is 18.7 Å². The van der Waals surface area contributed by atoms with Crippen LogP contribution < -0.4 is 0 Å². The van der Waals surface area contributed by atoms with Crippen LogP contribution in [0.25, 0.3) is 0 Å². The molecule has 0 aromatic heterocycles. The summed E-state index contributed by atoms with van der Waals surface area (Å²) in [6, 6.07) is 0.118. The van der Waals surface area contributed by atoms with Gasteiger partial charge in [0.2, 0.25) is 5.91 Å². The minimum atomic E-state index is 0.0383. The third-order valence-corrected chi connectivity index (χ3v) is 2.98. The molecule has 0 saturated carbocycles. The summed E-state index contributed by atoms with van der Waals surface area (Å²) >= 11 is 6.06. The predicted molar refractivity (Wildman–Crippen MR) is 50.2 cm³/mol. The van der Waals surface area contributed by atoms with E-state index < -0.39 is 0 Å². The summed E-state index contributed by atoms with van der Waals surface area (Å²) < 4.78 is 0. The highest BCUT2D eigenvalue weighted by molar-refractivity contribution is 6.21. The monoisotopic (exact) mass is 187 g/mol. The second-order valence-corrected chi connectivity index (χ2v) is 3.86. The number of nitrogens with zero attached hydrogens (tertiary/aromatic N) is 1. The average molecular weight is 188 g/mol. The first-order valence-electron chi connectivity index (χ1n) is 4.12. The lowest BCUT2D eigenvalue weighted by Crippen LogP contribution is -2.39. The van der Waals surface area contributed by atoms with Gasteiger partial charge in [-0.05, 0) is 20.3 Å². The van der Waals surface area contributed by atoms with Crippen LogP contribution in [0.4, 0.5) is 0 Å². The molecule has 0 N–H and O–H groups in total. The number of carbonyl (C=O) groups excluding carboxylic acids is 1. The molecule has 1 unspecified atom stereocenters. The second-order valence-electron chi connectivity index (χ2n) is 3.30. The first-order chi connectivity index (χ1) is 5.54. The Hall–Kier alpha value is -0.500. The minimum Gasteiger partial charge on any atom is -0.338 e. The molecule has 2 nitrogen and oxygen atoms in total. The van der Waals surface area contributed by atoms with Crippen LogP contribution >= 0.6 is 11.6 Å². The van der Waals surface area contributed by atoms with E-state index in [1.54, 1.807) is 11.9 Å². The third-order valence-electron chi connectivity index (χ3n) is 2.44. The zero-order chi connectivity index (χ0) is 9.30. The second kappa shape index (κ2) is 3.48. The lowest BCUT2D eigenvalue weighted by Gasteiger charge is -2.25. The lowest BCUT2D eigenvalue weighted by molar-refractivity contribution is -0.127. The Kier molecular flexibility index (Phi) is 2.78. The summed E-state index contributed by atoms with van der Waals surface area (Å²) in [7, 11) is 1.80. The van der Waals surface area contributed by atoms with Crippen molar-refractivity contribution in [3.8, 4) is 0 Å². The van der Waals surface area contributed by atoms with E-state index in [1.165, 1.54) is 0 Å². The molecule has 0 saturated heterocycles. The Labute approximate surface area is 78.2 Å². The quantitative estimate of drug-likeness (QED) is 0.530. The summed E-state index contributed by atoms with van der Waals surface area (Å²) in [6.07, 6.45) is 2.70. The van der Waals surface area contributed by atoms with Crippen LogP contribution in [-0.2, 0) is 4.79 Å². The van der Waals surface area contributed by atoms with E-state index in [9.17, 15) is 4.79 Å². The molecule has 1 aliphatic rings. The Bertz CT molecular complexity index is 225. The standard InChI is InChI=1S/C9H14ClNO/c1-6-4-5-8(10)7(2)11(3)9(6)12/h4,7-8H,5H2,1-3H3/t7-,8?/m1/s1. The molecule has 1 heterocycles. The SMILES string of the molecule is CC1=CCC(Cl)[C@@H](C)N(C)C1=O. The van der Waals surface area contributed by atoms with Crippen molar-refractivity contribution in [1.29, 1.82) is 0 Å². The van der Waals surface area contributed by atoms with Crippen molar-refractivity contribution in [3.63, 3.8) is 0 Å². The first kappa shape index (κ1) is 9.59. The lowest BCUT2D eigenvalue weighted by atomic mass is 10.2. The van der Waals surface area contributed by atoms with Gasteiger partial charge in [-0.2, -0.15) is 0 Å². The number of hydrogen-bond donors (Lipinski definition) is 0. The molecule has 0 aliphatic carbocycles. The summed E-state index contributed by atoms with van der Waals surface area (Å²) in [4.78, 5) is 13.2. The molecular formula is C9H14ClNO. The molecule has 12 heavy (non-hydrogen) atoms. The van der Waals surface area contributed by atoms with Crippen molar-refractivity contribution in [2.24, 2.45) is 0 Å². The van der Waals surface area contributed by atoms with Crippen LogP contribution in [-0.4, -0.2) is 29.3 Å². The van der Waals surface area contributed by atoms with Crippen molar-refractivity contribution in [3.05, 3.63) is 11.6 Å². The predicted octanol–water partition coefficient (Wildman–Crippen LogP) is 1.79. The van der Waals surface area contributed by atoms with Gasteiger partial charge >= 0.3 is 0 Å². The van der Waals surface area contributed by atoms with E-state index in [0.717, 1.165) is 12.0 Å². The van der Waals surface area contributed by atoms with Crippen molar-refractivity contribution in [2.45, 2.75) is 31.7 Å². The van der Waals surface area contributed by atoms with Gasteiger partial charge in [-0.15, -0.1) is 11.6 Å². The normalized spacial score (nSPS) is 31.5. The number of hydrogen-bond acceptors (Lipinski definition) is 1. The smallest absolute Gasteiger partial charge is 0.249 e. The van der Waals surface area contributed by atoms with Gasteiger partial charge in [-0.25, -0.2) is 0 Å². The van der Waals surface area contributed by atoms with E-state index >= 15 is 0 Å². The number of likely N-dealkylation sites (N-methyl/N-ethyl adjacent to an activating group) is 1. The fraction of sp³-hybridized carbons (Fsp3) is 0.667. The average Bonchev–Trinajstić information content (AvgIpc) is 2.14. The van der Waals surface area contributed by atoms with Crippen LogP contribution in [0.2, 0.25) is 0 Å². The molecule has 3 heteroatoms. The summed E-state index contributed by atoms with van der Waals surface area (Å²) in [6.45, 7) is 3.81. The van der Waals surface area contributed by atoms with Gasteiger partial charge in [0.15, 0.2) is 0 Å². The number of carbonyl (C=O) groups is 1.